The number of nitrogens with zero attached hydrogens (tertiary/aromatic N) is 2. The number of aromatic nitrogens is 1. The van der Waals surface area contributed by atoms with Crippen LogP contribution in [0.25, 0.3) is 11.3 Å². The molecule has 6 heteroatoms. The van der Waals surface area contributed by atoms with E-state index in [-0.39, 0.29) is 5.69 Å². The van der Waals surface area contributed by atoms with Crippen LogP contribution in [0.15, 0.2) is 22.6 Å². The molecule has 0 saturated heterocycles. The second-order valence-electron chi connectivity index (χ2n) is 5.06. The molecule has 21 heavy (non-hydrogen) atoms. The second-order valence-corrected chi connectivity index (χ2v) is 5.06. The van der Waals surface area contributed by atoms with Crippen LogP contribution >= 0.6 is 0 Å². The number of hydrogen-bond acceptors (Lipinski definition) is 6. The van der Waals surface area contributed by atoms with Gasteiger partial charge in [-0.3, -0.25) is 9.59 Å². The molecule has 1 aromatic heterocycles. The zero-order valence-corrected chi connectivity index (χ0v) is 12.0. The topological polar surface area (TPSA) is 72.6 Å². The van der Waals surface area contributed by atoms with Gasteiger partial charge < -0.3 is 14.1 Å². The van der Waals surface area contributed by atoms with Crippen molar-refractivity contribution in [1.29, 1.82) is 0 Å². The van der Waals surface area contributed by atoms with Gasteiger partial charge in [-0.05, 0) is 26.2 Å². The van der Waals surface area contributed by atoms with Crippen LogP contribution in [-0.4, -0.2) is 42.7 Å². The van der Waals surface area contributed by atoms with E-state index in [1.165, 1.54) is 7.11 Å². The van der Waals surface area contributed by atoms with Crippen LogP contribution in [0.1, 0.15) is 26.7 Å². The predicted octanol–water partition coefficient (Wildman–Crippen LogP) is 1.79. The summed E-state index contributed by atoms with van der Waals surface area (Å²) in [5.74, 6) is -0.0310. The molecule has 0 spiro atoms. The number of benzene rings is 1. The van der Waals surface area contributed by atoms with Crippen molar-refractivity contribution in [1.82, 2.24) is 9.88 Å². The molecule has 0 unspecified atom stereocenters. The number of fused-ring (bicyclic) bond motifs is 3. The van der Waals surface area contributed by atoms with Gasteiger partial charge in [0.1, 0.15) is 5.75 Å². The first-order chi connectivity index (χ1) is 10.0. The van der Waals surface area contributed by atoms with E-state index in [2.05, 4.69) is 4.98 Å². The van der Waals surface area contributed by atoms with Crippen molar-refractivity contribution < 1.29 is 18.7 Å². The molecule has 0 N–H and O–H groups in total. The summed E-state index contributed by atoms with van der Waals surface area (Å²) in [5.41, 5.74) is 0.852. The molecule has 0 fully saturated rings. The van der Waals surface area contributed by atoms with Gasteiger partial charge in [-0.15, -0.1) is 0 Å². The molecule has 6 nitrogen and oxygen atoms in total. The quantitative estimate of drug-likeness (QED) is 0.801. The Labute approximate surface area is 121 Å². The third-order valence-corrected chi connectivity index (χ3v) is 3.26. The van der Waals surface area contributed by atoms with Gasteiger partial charge in [0, 0.05) is 5.56 Å². The maximum absolute atomic E-state index is 12.2. The molecule has 0 bridgehead atoms. The summed E-state index contributed by atoms with van der Waals surface area (Å²) >= 11 is 0. The highest BCUT2D eigenvalue weighted by Gasteiger charge is 2.37. The number of ether oxygens (including phenoxy) is 1. The fourth-order valence-electron chi connectivity index (χ4n) is 2.38. The number of hydrogen-bond donors (Lipinski definition) is 0. The summed E-state index contributed by atoms with van der Waals surface area (Å²) < 4.78 is 11.0. The zero-order valence-electron chi connectivity index (χ0n) is 12.0. The maximum atomic E-state index is 12.2. The van der Waals surface area contributed by atoms with Crippen molar-refractivity contribution in [3.8, 4) is 17.1 Å². The number of rotatable bonds is 3. The van der Waals surface area contributed by atoms with E-state index in [4.69, 9.17) is 9.15 Å². The molecule has 0 atom stereocenters. The molecule has 3 rings (SSSR count). The first-order valence-corrected chi connectivity index (χ1v) is 6.43. The molecule has 1 aromatic carbocycles. The Morgan fingerprint density at radius 3 is 2.67 bits per heavy atom. The van der Waals surface area contributed by atoms with Crippen LogP contribution < -0.4 is 4.74 Å². The third-order valence-electron chi connectivity index (χ3n) is 3.26. The van der Waals surface area contributed by atoms with E-state index in [9.17, 15) is 9.59 Å². The summed E-state index contributed by atoms with van der Waals surface area (Å²) in [6.45, 7) is 0.443. The first kappa shape index (κ1) is 13.5. The lowest BCUT2D eigenvalue weighted by Crippen LogP contribution is -2.21. The SMILES string of the molecule is COc1cccc2c1-c1oc(CN(C)C)nc1C(=O)C2=O. The Hall–Kier alpha value is -2.47. The number of ketones is 2. The van der Waals surface area contributed by atoms with Crippen molar-refractivity contribution in [3.63, 3.8) is 0 Å². The minimum atomic E-state index is -0.639. The number of Topliss-reactive ketones (excluding diaryl/α,β-unsaturated/α-hetero) is 2. The number of oxazole rings is 1. The van der Waals surface area contributed by atoms with E-state index in [0.717, 1.165) is 0 Å². The van der Waals surface area contributed by atoms with Gasteiger partial charge in [-0.1, -0.05) is 6.07 Å². The summed E-state index contributed by atoms with van der Waals surface area (Å²) in [7, 11) is 5.24. The number of methoxy groups -OCH3 is 1. The van der Waals surface area contributed by atoms with Crippen molar-refractivity contribution in [2.24, 2.45) is 0 Å². The Morgan fingerprint density at radius 1 is 1.24 bits per heavy atom. The highest BCUT2D eigenvalue weighted by atomic mass is 16.5. The van der Waals surface area contributed by atoms with Crippen molar-refractivity contribution >= 4 is 11.6 Å². The van der Waals surface area contributed by atoms with Crippen LogP contribution in [0.4, 0.5) is 0 Å². The van der Waals surface area contributed by atoms with Crippen LogP contribution in [0.3, 0.4) is 0 Å². The van der Waals surface area contributed by atoms with E-state index in [1.54, 1.807) is 18.2 Å². The lowest BCUT2D eigenvalue weighted by Gasteiger charge is -2.14. The normalized spacial score (nSPS) is 13.3. The maximum Gasteiger partial charge on any atom is 0.255 e. The Morgan fingerprint density at radius 2 is 2.00 bits per heavy atom. The second kappa shape index (κ2) is 4.82. The van der Waals surface area contributed by atoms with Gasteiger partial charge in [0.25, 0.3) is 5.78 Å². The minimum absolute atomic E-state index is 0.0638. The first-order valence-electron chi connectivity index (χ1n) is 6.43. The summed E-state index contributed by atoms with van der Waals surface area (Å²) in [4.78, 5) is 30.4. The van der Waals surface area contributed by atoms with Gasteiger partial charge in [0.15, 0.2) is 11.5 Å². The molecule has 108 valence electrons. The van der Waals surface area contributed by atoms with Gasteiger partial charge >= 0.3 is 0 Å². The molecule has 0 radical (unpaired) electrons. The average Bonchev–Trinajstić information content (AvgIpc) is 2.86. The van der Waals surface area contributed by atoms with E-state index in [0.29, 0.717) is 35.1 Å². The van der Waals surface area contributed by atoms with Gasteiger partial charge in [0.05, 0.1) is 19.2 Å². The van der Waals surface area contributed by atoms with E-state index in [1.807, 2.05) is 19.0 Å². The fraction of sp³-hybridized carbons (Fsp3) is 0.267. The van der Waals surface area contributed by atoms with Crippen LogP contribution in [0.5, 0.6) is 5.75 Å². The van der Waals surface area contributed by atoms with Crippen molar-refractivity contribution in [3.05, 3.63) is 35.3 Å². The smallest absolute Gasteiger partial charge is 0.255 e. The summed E-state index contributed by atoms with van der Waals surface area (Å²) in [6.07, 6.45) is 0. The molecule has 0 saturated carbocycles. The fourth-order valence-corrected chi connectivity index (χ4v) is 2.38. The third kappa shape index (κ3) is 2.04. The Bertz CT molecular complexity index is 746. The largest absolute Gasteiger partial charge is 0.496 e. The highest BCUT2D eigenvalue weighted by Crippen LogP contribution is 2.40. The van der Waals surface area contributed by atoms with Crippen LogP contribution in [0, 0.1) is 0 Å². The predicted molar refractivity (Wildman–Crippen MR) is 74.5 cm³/mol. The number of carbonyl (C=O) groups excluding carboxylic acids is 2. The molecule has 1 aliphatic carbocycles. The van der Waals surface area contributed by atoms with E-state index < -0.39 is 11.6 Å². The molecular formula is C15H14N2O4. The van der Waals surface area contributed by atoms with Gasteiger partial charge in [-0.2, -0.15) is 0 Å². The Kier molecular flexibility index (Phi) is 3.10. The van der Waals surface area contributed by atoms with Crippen molar-refractivity contribution in [2.45, 2.75) is 6.54 Å². The van der Waals surface area contributed by atoms with Crippen molar-refractivity contribution in [2.75, 3.05) is 21.2 Å². The lowest BCUT2D eigenvalue weighted by molar-refractivity contribution is 0.0812. The monoisotopic (exact) mass is 286 g/mol. The van der Waals surface area contributed by atoms with Gasteiger partial charge in [0.2, 0.25) is 11.7 Å². The zero-order chi connectivity index (χ0) is 15.1. The van der Waals surface area contributed by atoms with Crippen LogP contribution in [0.2, 0.25) is 0 Å². The molecule has 2 aromatic rings. The highest BCUT2D eigenvalue weighted by molar-refractivity contribution is 6.52. The van der Waals surface area contributed by atoms with E-state index >= 15 is 0 Å². The molecular weight excluding hydrogens is 272 g/mol. The summed E-state index contributed by atoms with van der Waals surface area (Å²) in [5, 5.41) is 0. The average molecular weight is 286 g/mol. The summed E-state index contributed by atoms with van der Waals surface area (Å²) in [6, 6.07) is 4.99. The molecule has 0 aliphatic heterocycles. The minimum Gasteiger partial charge on any atom is -0.496 e. The molecule has 1 aliphatic rings. The van der Waals surface area contributed by atoms with Gasteiger partial charge in [-0.25, -0.2) is 4.98 Å². The number of carbonyl (C=O) groups is 2. The molecule has 1 heterocycles. The molecule has 0 amide bonds. The lowest BCUT2D eigenvalue weighted by atomic mass is 9.90. The standard InChI is InChI=1S/C15H14N2O4/c1-17(2)7-10-16-12-14(19)13(18)8-5-4-6-9(20-3)11(8)15(12)21-10/h4-6H,7H2,1-3H3. The Balaban J connectivity index is 2.24. The van der Waals surface area contributed by atoms with Crippen LogP contribution in [-0.2, 0) is 6.54 Å².